The van der Waals surface area contributed by atoms with Crippen LogP contribution >= 0.6 is 83.7 Å². The van der Waals surface area contributed by atoms with Gasteiger partial charge >= 0.3 is 0 Å². The van der Waals surface area contributed by atoms with E-state index in [-0.39, 0.29) is 0 Å². The van der Waals surface area contributed by atoms with Crippen molar-refractivity contribution in [3.8, 4) is 5.75 Å². The van der Waals surface area contributed by atoms with Gasteiger partial charge in [0.2, 0.25) is 0 Å². The van der Waals surface area contributed by atoms with Crippen LogP contribution in [0.4, 0.5) is 0 Å². The number of alkyl halides is 1. The molecule has 1 aromatic carbocycles. The van der Waals surface area contributed by atoms with Crippen molar-refractivity contribution < 1.29 is 4.74 Å². The van der Waals surface area contributed by atoms with Gasteiger partial charge in [0, 0.05) is 8.40 Å². The summed E-state index contributed by atoms with van der Waals surface area (Å²) in [4.78, 5) is 0.654. The second-order valence-corrected chi connectivity index (χ2v) is 8.37. The van der Waals surface area contributed by atoms with Gasteiger partial charge in [-0.25, -0.2) is 0 Å². The van der Waals surface area contributed by atoms with Gasteiger partial charge in [0.05, 0.1) is 7.14 Å². The van der Waals surface area contributed by atoms with Crippen molar-refractivity contribution in [2.24, 2.45) is 0 Å². The first kappa shape index (κ1) is 13.1. The molecule has 0 aliphatic heterocycles. The highest BCUT2D eigenvalue weighted by Crippen LogP contribution is 2.35. The van der Waals surface area contributed by atoms with Crippen LogP contribution in [0.3, 0.4) is 0 Å². The zero-order valence-electron chi connectivity index (χ0n) is 7.64. The highest BCUT2D eigenvalue weighted by molar-refractivity contribution is 14.1. The van der Waals surface area contributed by atoms with E-state index in [1.165, 1.54) is 10.7 Å². The molecule has 1 aromatic rings. The standard InChI is InChI=1S/C10H8BrI3O/c11-5-1-7(2-5)15-10-8(13)3-6(12)4-9(10)14/h3-5,7H,1-2H2. The Morgan fingerprint density at radius 2 is 1.67 bits per heavy atom. The van der Waals surface area contributed by atoms with E-state index >= 15 is 0 Å². The highest BCUT2D eigenvalue weighted by Gasteiger charge is 2.29. The fraction of sp³-hybridized carbons (Fsp3) is 0.400. The molecule has 0 amide bonds. The van der Waals surface area contributed by atoms with Crippen LogP contribution < -0.4 is 4.74 Å². The molecule has 0 aromatic heterocycles. The predicted molar refractivity (Wildman–Crippen MR) is 91.0 cm³/mol. The predicted octanol–water partition coefficient (Wildman–Crippen LogP) is 4.81. The van der Waals surface area contributed by atoms with E-state index in [9.17, 15) is 0 Å². The Kier molecular flexibility index (Phi) is 4.86. The Bertz CT molecular complexity index is 354. The molecule has 1 aliphatic carbocycles. The smallest absolute Gasteiger partial charge is 0.146 e. The quantitative estimate of drug-likeness (QED) is 0.348. The maximum absolute atomic E-state index is 5.99. The SMILES string of the molecule is BrC1CC(Oc2c(I)cc(I)cc2I)C1. The molecule has 2 rings (SSSR count). The molecule has 1 fully saturated rings. The van der Waals surface area contributed by atoms with E-state index in [0.29, 0.717) is 10.9 Å². The number of hydrogen-bond donors (Lipinski definition) is 0. The minimum absolute atomic E-state index is 0.400. The third kappa shape index (κ3) is 3.34. The molecular formula is C10H8BrI3O. The van der Waals surface area contributed by atoms with Crippen LogP contribution in [0.2, 0.25) is 0 Å². The first-order valence-corrected chi connectivity index (χ1v) is 8.66. The minimum atomic E-state index is 0.400. The van der Waals surface area contributed by atoms with Gasteiger partial charge in [-0.2, -0.15) is 0 Å². The lowest BCUT2D eigenvalue weighted by molar-refractivity contribution is 0.126. The number of halogens is 4. The zero-order chi connectivity index (χ0) is 11.0. The number of rotatable bonds is 2. The fourth-order valence-corrected chi connectivity index (χ4v) is 6.08. The molecule has 0 atom stereocenters. The molecule has 0 N–H and O–H groups in total. The summed E-state index contributed by atoms with van der Waals surface area (Å²) < 4.78 is 9.67. The summed E-state index contributed by atoms with van der Waals surface area (Å²) in [6.07, 6.45) is 2.65. The molecule has 0 unspecified atom stereocenters. The van der Waals surface area contributed by atoms with Gasteiger partial charge in [-0.3, -0.25) is 0 Å². The van der Waals surface area contributed by atoms with Crippen molar-refractivity contribution in [3.63, 3.8) is 0 Å². The van der Waals surface area contributed by atoms with Crippen molar-refractivity contribution in [1.29, 1.82) is 0 Å². The van der Waals surface area contributed by atoms with Crippen LogP contribution in [0.1, 0.15) is 12.8 Å². The molecule has 82 valence electrons. The maximum Gasteiger partial charge on any atom is 0.146 e. The van der Waals surface area contributed by atoms with Gasteiger partial charge in [0.25, 0.3) is 0 Å². The third-order valence-corrected chi connectivity index (χ3v) is 5.26. The molecule has 0 radical (unpaired) electrons. The first-order valence-electron chi connectivity index (χ1n) is 4.51. The average Bonchev–Trinajstić information content (AvgIpc) is 2.07. The fourth-order valence-electron chi connectivity index (χ4n) is 1.41. The minimum Gasteiger partial charge on any atom is -0.488 e. The molecular weight excluding hydrogens is 597 g/mol. The zero-order valence-corrected chi connectivity index (χ0v) is 15.7. The number of benzene rings is 1. The molecule has 1 nitrogen and oxygen atoms in total. The molecule has 5 heteroatoms. The van der Waals surface area contributed by atoms with Gasteiger partial charge in [0.15, 0.2) is 0 Å². The summed E-state index contributed by atoms with van der Waals surface area (Å²) in [7, 11) is 0. The Morgan fingerprint density at radius 1 is 1.13 bits per heavy atom. The maximum atomic E-state index is 5.99. The van der Waals surface area contributed by atoms with Crippen LogP contribution in [0.5, 0.6) is 5.75 Å². The van der Waals surface area contributed by atoms with E-state index < -0.39 is 0 Å². The van der Waals surface area contributed by atoms with Gasteiger partial charge < -0.3 is 4.74 Å². The lowest BCUT2D eigenvalue weighted by Gasteiger charge is -2.32. The van der Waals surface area contributed by atoms with Crippen molar-refractivity contribution >= 4 is 83.7 Å². The largest absolute Gasteiger partial charge is 0.488 e. The second-order valence-electron chi connectivity index (χ2n) is 3.51. The molecule has 0 bridgehead atoms. The topological polar surface area (TPSA) is 9.23 Å². The number of hydrogen-bond acceptors (Lipinski definition) is 1. The molecule has 1 saturated carbocycles. The Morgan fingerprint density at radius 3 is 2.13 bits per heavy atom. The molecule has 1 aliphatic rings. The number of ether oxygens (including phenoxy) is 1. The Labute approximate surface area is 139 Å². The van der Waals surface area contributed by atoms with Crippen LogP contribution in [-0.4, -0.2) is 10.9 Å². The van der Waals surface area contributed by atoms with Crippen LogP contribution in [0.25, 0.3) is 0 Å². The van der Waals surface area contributed by atoms with Crippen molar-refractivity contribution in [1.82, 2.24) is 0 Å². The van der Waals surface area contributed by atoms with Crippen LogP contribution in [0, 0.1) is 10.7 Å². The molecule has 0 heterocycles. The monoisotopic (exact) mass is 604 g/mol. The average molecular weight is 605 g/mol. The van der Waals surface area contributed by atoms with Crippen LogP contribution in [0.15, 0.2) is 12.1 Å². The van der Waals surface area contributed by atoms with Gasteiger partial charge in [-0.05, 0) is 92.7 Å². The van der Waals surface area contributed by atoms with Gasteiger partial charge in [0.1, 0.15) is 11.9 Å². The summed E-state index contributed by atoms with van der Waals surface area (Å²) in [6, 6.07) is 4.31. The molecule has 15 heavy (non-hydrogen) atoms. The van der Waals surface area contributed by atoms with E-state index in [2.05, 4.69) is 95.8 Å². The lowest BCUT2D eigenvalue weighted by atomic mass is 9.96. The molecule has 0 spiro atoms. The molecule has 0 saturated heterocycles. The highest BCUT2D eigenvalue weighted by atomic mass is 127. The summed E-state index contributed by atoms with van der Waals surface area (Å²) >= 11 is 10.6. The van der Waals surface area contributed by atoms with E-state index in [1.54, 1.807) is 0 Å². The Hall–Kier alpha value is 1.69. The van der Waals surface area contributed by atoms with E-state index in [4.69, 9.17) is 4.74 Å². The van der Waals surface area contributed by atoms with Gasteiger partial charge in [-0.1, -0.05) is 15.9 Å². The van der Waals surface area contributed by atoms with Crippen molar-refractivity contribution in [3.05, 3.63) is 22.8 Å². The third-order valence-electron chi connectivity index (χ3n) is 2.28. The lowest BCUT2D eigenvalue weighted by Crippen LogP contribution is -2.34. The normalized spacial score (nSPS) is 24.8. The summed E-state index contributed by atoms with van der Waals surface area (Å²) in [5, 5.41) is 0. The summed E-state index contributed by atoms with van der Waals surface area (Å²) in [5.41, 5.74) is 0. The summed E-state index contributed by atoms with van der Waals surface area (Å²) in [5.74, 6) is 1.06. The second kappa shape index (κ2) is 5.55. The van der Waals surface area contributed by atoms with Crippen molar-refractivity contribution in [2.45, 2.75) is 23.8 Å². The van der Waals surface area contributed by atoms with Crippen molar-refractivity contribution in [2.75, 3.05) is 0 Å². The first-order chi connectivity index (χ1) is 7.06. The van der Waals surface area contributed by atoms with E-state index in [0.717, 1.165) is 18.6 Å². The van der Waals surface area contributed by atoms with Gasteiger partial charge in [-0.15, -0.1) is 0 Å². The summed E-state index contributed by atoms with van der Waals surface area (Å²) in [6.45, 7) is 0. The van der Waals surface area contributed by atoms with Crippen LogP contribution in [-0.2, 0) is 0 Å². The Balaban J connectivity index is 2.14. The van der Waals surface area contributed by atoms with E-state index in [1.807, 2.05) is 0 Å².